The molecule has 2 bridgehead atoms. The average molecular weight is 322 g/mol. The highest BCUT2D eigenvalue weighted by atomic mass is 15.4. The number of fused-ring (bicyclic) bond motifs is 2. The SMILES string of the molecule is Cc1ncnc(N2CC3CC(C2)N3c2ccnc(C3CC3)n2)c1C. The summed E-state index contributed by atoms with van der Waals surface area (Å²) >= 11 is 0. The molecule has 6 rings (SSSR count). The summed E-state index contributed by atoms with van der Waals surface area (Å²) < 4.78 is 0. The van der Waals surface area contributed by atoms with Crippen LogP contribution in [0.1, 0.15) is 42.3 Å². The third-order valence-electron chi connectivity index (χ3n) is 5.67. The summed E-state index contributed by atoms with van der Waals surface area (Å²) in [4.78, 5) is 23.0. The van der Waals surface area contributed by atoms with Crippen molar-refractivity contribution in [3.05, 3.63) is 35.7 Å². The summed E-state index contributed by atoms with van der Waals surface area (Å²) in [5.74, 6) is 3.85. The van der Waals surface area contributed by atoms with Gasteiger partial charge in [0.15, 0.2) is 0 Å². The topological polar surface area (TPSA) is 58.0 Å². The van der Waals surface area contributed by atoms with Crippen LogP contribution in [-0.4, -0.2) is 45.1 Å². The van der Waals surface area contributed by atoms with E-state index in [1.165, 1.54) is 24.8 Å². The molecule has 6 heteroatoms. The first-order valence-corrected chi connectivity index (χ1v) is 8.85. The molecule has 2 atom stereocenters. The van der Waals surface area contributed by atoms with E-state index in [0.29, 0.717) is 18.0 Å². The van der Waals surface area contributed by atoms with Crippen LogP contribution in [0.3, 0.4) is 0 Å². The summed E-state index contributed by atoms with van der Waals surface area (Å²) in [6.45, 7) is 6.19. The maximum atomic E-state index is 4.84. The fourth-order valence-corrected chi connectivity index (χ4v) is 4.05. The molecule has 1 aliphatic carbocycles. The van der Waals surface area contributed by atoms with Gasteiger partial charge in [-0.15, -0.1) is 0 Å². The lowest BCUT2D eigenvalue weighted by molar-refractivity contribution is 0.287. The number of piperazine rings is 1. The molecule has 1 saturated carbocycles. The van der Waals surface area contributed by atoms with Crippen LogP contribution < -0.4 is 9.80 Å². The minimum atomic E-state index is 0.528. The van der Waals surface area contributed by atoms with Crippen LogP contribution in [0.25, 0.3) is 0 Å². The van der Waals surface area contributed by atoms with Crippen molar-refractivity contribution in [1.82, 2.24) is 19.9 Å². The average Bonchev–Trinajstić information content (AvgIpc) is 3.43. The molecule has 0 radical (unpaired) electrons. The number of aromatic nitrogens is 4. The molecule has 4 aliphatic rings. The van der Waals surface area contributed by atoms with Gasteiger partial charge in [0.2, 0.25) is 0 Å². The molecular weight excluding hydrogens is 300 g/mol. The van der Waals surface area contributed by atoms with E-state index in [4.69, 9.17) is 4.98 Å². The van der Waals surface area contributed by atoms with Crippen molar-refractivity contribution in [2.45, 2.75) is 51.1 Å². The minimum absolute atomic E-state index is 0.528. The van der Waals surface area contributed by atoms with Gasteiger partial charge in [-0.25, -0.2) is 19.9 Å². The van der Waals surface area contributed by atoms with Gasteiger partial charge in [-0.1, -0.05) is 0 Å². The molecule has 2 unspecified atom stereocenters. The summed E-state index contributed by atoms with van der Waals surface area (Å²) in [5.41, 5.74) is 2.27. The van der Waals surface area contributed by atoms with Gasteiger partial charge in [-0.3, -0.25) is 0 Å². The number of aryl methyl sites for hydroxylation is 1. The van der Waals surface area contributed by atoms with E-state index in [2.05, 4.69) is 44.7 Å². The second-order valence-electron chi connectivity index (χ2n) is 7.31. The fourth-order valence-electron chi connectivity index (χ4n) is 4.05. The highest BCUT2D eigenvalue weighted by molar-refractivity contribution is 5.54. The van der Waals surface area contributed by atoms with Crippen LogP contribution in [0, 0.1) is 13.8 Å². The largest absolute Gasteiger partial charge is 0.352 e. The molecule has 24 heavy (non-hydrogen) atoms. The van der Waals surface area contributed by atoms with Gasteiger partial charge in [0.05, 0.1) is 12.1 Å². The van der Waals surface area contributed by atoms with Crippen molar-refractivity contribution in [3.8, 4) is 0 Å². The zero-order valence-corrected chi connectivity index (χ0v) is 14.2. The lowest BCUT2D eigenvalue weighted by Gasteiger charge is -2.57. The second kappa shape index (κ2) is 5.13. The zero-order chi connectivity index (χ0) is 16.3. The predicted octanol–water partition coefficient (Wildman–Crippen LogP) is 2.23. The maximum Gasteiger partial charge on any atom is 0.135 e. The van der Waals surface area contributed by atoms with E-state index in [0.717, 1.165) is 36.2 Å². The van der Waals surface area contributed by atoms with Crippen molar-refractivity contribution >= 4 is 11.6 Å². The smallest absolute Gasteiger partial charge is 0.135 e. The molecular formula is C18H22N6. The van der Waals surface area contributed by atoms with Crippen LogP contribution in [0.4, 0.5) is 11.6 Å². The summed E-state index contributed by atoms with van der Waals surface area (Å²) in [7, 11) is 0. The molecule has 4 fully saturated rings. The van der Waals surface area contributed by atoms with Crippen LogP contribution in [0.5, 0.6) is 0 Å². The maximum absolute atomic E-state index is 4.84. The van der Waals surface area contributed by atoms with Crippen LogP contribution >= 0.6 is 0 Å². The number of hydrogen-bond acceptors (Lipinski definition) is 6. The number of piperidine rings is 1. The Morgan fingerprint density at radius 3 is 2.58 bits per heavy atom. The zero-order valence-electron chi connectivity index (χ0n) is 14.2. The van der Waals surface area contributed by atoms with Crippen molar-refractivity contribution in [3.63, 3.8) is 0 Å². The van der Waals surface area contributed by atoms with Gasteiger partial charge in [-0.2, -0.15) is 0 Å². The predicted molar refractivity (Wildman–Crippen MR) is 92.4 cm³/mol. The third kappa shape index (κ3) is 2.16. The molecule has 2 aromatic rings. The monoisotopic (exact) mass is 322 g/mol. The molecule has 3 saturated heterocycles. The van der Waals surface area contributed by atoms with Gasteiger partial charge >= 0.3 is 0 Å². The van der Waals surface area contributed by atoms with E-state index < -0.39 is 0 Å². The number of hydrogen-bond donors (Lipinski definition) is 0. The molecule has 6 nitrogen and oxygen atoms in total. The molecule has 5 heterocycles. The van der Waals surface area contributed by atoms with Crippen molar-refractivity contribution in [2.75, 3.05) is 22.9 Å². The number of nitrogens with zero attached hydrogens (tertiary/aromatic N) is 6. The fraction of sp³-hybridized carbons (Fsp3) is 0.556. The second-order valence-corrected chi connectivity index (χ2v) is 7.31. The Balaban J connectivity index is 1.37. The Kier molecular flexibility index (Phi) is 3.02. The Morgan fingerprint density at radius 1 is 1.04 bits per heavy atom. The van der Waals surface area contributed by atoms with Crippen LogP contribution in [0.15, 0.2) is 18.6 Å². The molecule has 3 aliphatic heterocycles. The Labute approximate surface area is 142 Å². The van der Waals surface area contributed by atoms with Crippen molar-refractivity contribution < 1.29 is 0 Å². The Morgan fingerprint density at radius 2 is 1.83 bits per heavy atom. The first kappa shape index (κ1) is 14.1. The highest BCUT2D eigenvalue weighted by Crippen LogP contribution is 2.41. The van der Waals surface area contributed by atoms with Crippen molar-refractivity contribution in [1.29, 1.82) is 0 Å². The molecule has 2 aromatic heterocycles. The molecule has 0 aromatic carbocycles. The standard InChI is InChI=1S/C18H22N6/c1-11-12(2)20-10-21-18(11)23-8-14-7-15(9-23)24(14)16-5-6-19-17(22-16)13-3-4-13/h5-6,10,13-15H,3-4,7-9H2,1-2H3. The number of anilines is 2. The van der Waals surface area contributed by atoms with Gasteiger partial charge in [0.25, 0.3) is 0 Å². The van der Waals surface area contributed by atoms with Crippen molar-refractivity contribution in [2.24, 2.45) is 0 Å². The first-order valence-electron chi connectivity index (χ1n) is 8.85. The van der Waals surface area contributed by atoms with E-state index in [1.54, 1.807) is 6.33 Å². The molecule has 0 spiro atoms. The lowest BCUT2D eigenvalue weighted by atomic mass is 9.87. The van der Waals surface area contributed by atoms with E-state index >= 15 is 0 Å². The summed E-state index contributed by atoms with van der Waals surface area (Å²) in [6.07, 6.45) is 7.36. The van der Waals surface area contributed by atoms with E-state index in [-0.39, 0.29) is 0 Å². The Hall–Kier alpha value is -2.24. The van der Waals surface area contributed by atoms with Gasteiger partial charge in [0, 0.05) is 36.5 Å². The molecule has 0 amide bonds. The summed E-state index contributed by atoms with van der Waals surface area (Å²) in [6, 6.07) is 3.13. The normalized spacial score (nSPS) is 25.6. The lowest BCUT2D eigenvalue weighted by Crippen LogP contribution is -2.69. The summed E-state index contributed by atoms with van der Waals surface area (Å²) in [5, 5.41) is 0. The van der Waals surface area contributed by atoms with Crippen LogP contribution in [-0.2, 0) is 0 Å². The molecule has 0 N–H and O–H groups in total. The van der Waals surface area contributed by atoms with Gasteiger partial charge in [-0.05, 0) is 39.2 Å². The third-order valence-corrected chi connectivity index (χ3v) is 5.67. The number of rotatable bonds is 3. The van der Waals surface area contributed by atoms with Gasteiger partial charge in [0.1, 0.15) is 23.8 Å². The highest BCUT2D eigenvalue weighted by Gasteiger charge is 2.46. The van der Waals surface area contributed by atoms with E-state index in [9.17, 15) is 0 Å². The Bertz CT molecular complexity index is 775. The van der Waals surface area contributed by atoms with Gasteiger partial charge < -0.3 is 9.80 Å². The first-order chi connectivity index (χ1) is 11.7. The quantitative estimate of drug-likeness (QED) is 0.864. The van der Waals surface area contributed by atoms with Crippen LogP contribution in [0.2, 0.25) is 0 Å². The minimum Gasteiger partial charge on any atom is -0.352 e. The molecule has 124 valence electrons. The van der Waals surface area contributed by atoms with E-state index in [1.807, 2.05) is 6.20 Å².